The highest BCUT2D eigenvalue weighted by molar-refractivity contribution is 7.09. The molecule has 1 N–H and O–H groups in total. The molecule has 1 atom stereocenters. The van der Waals surface area contributed by atoms with Crippen molar-refractivity contribution < 1.29 is 4.79 Å². The van der Waals surface area contributed by atoms with Gasteiger partial charge in [-0.2, -0.15) is 0 Å². The average Bonchev–Trinajstić information content (AvgIpc) is 3.05. The topological polar surface area (TPSA) is 50.2 Å². The number of fused-ring (bicyclic) bond motifs is 1. The molecule has 5 nitrogen and oxygen atoms in total. The number of carbonyl (C=O) groups is 1. The molecule has 0 unspecified atom stereocenters. The van der Waals surface area contributed by atoms with Crippen LogP contribution in [0.1, 0.15) is 22.2 Å². The largest absolute Gasteiger partial charge is 0.351 e. The summed E-state index contributed by atoms with van der Waals surface area (Å²) < 4.78 is 1.97. The van der Waals surface area contributed by atoms with Crippen LogP contribution in [0.3, 0.4) is 0 Å². The molecule has 1 aliphatic rings. The van der Waals surface area contributed by atoms with Crippen molar-refractivity contribution in [2.24, 2.45) is 7.05 Å². The highest BCUT2D eigenvalue weighted by Gasteiger charge is 2.32. The van der Waals surface area contributed by atoms with Crippen molar-refractivity contribution in [3.63, 3.8) is 0 Å². The summed E-state index contributed by atoms with van der Waals surface area (Å²) in [7, 11) is 3.98. The van der Waals surface area contributed by atoms with E-state index in [1.54, 1.807) is 17.7 Å². The standard InChI is InChI=1S/C14H18N4OS/c1-17-7-11(13-12(8-17)16-9-18(13)2)14(19)15-6-10-4-3-5-20-10/h3-5,9,11H,6-8H2,1-2H3,(H,15,19)/t11-/m0/s1. The number of nitrogens with one attached hydrogen (secondary N) is 1. The number of hydrogen-bond donors (Lipinski definition) is 1. The highest BCUT2D eigenvalue weighted by atomic mass is 32.1. The van der Waals surface area contributed by atoms with Gasteiger partial charge in [0.1, 0.15) is 0 Å². The van der Waals surface area contributed by atoms with Gasteiger partial charge in [0.2, 0.25) is 5.91 Å². The van der Waals surface area contributed by atoms with Gasteiger partial charge in [0.15, 0.2) is 0 Å². The lowest BCUT2D eigenvalue weighted by atomic mass is 9.97. The van der Waals surface area contributed by atoms with Gasteiger partial charge >= 0.3 is 0 Å². The lowest BCUT2D eigenvalue weighted by Gasteiger charge is -2.29. The van der Waals surface area contributed by atoms with Crippen LogP contribution in [0.15, 0.2) is 23.8 Å². The molecule has 0 aromatic carbocycles. The molecule has 6 heteroatoms. The van der Waals surface area contributed by atoms with Gasteiger partial charge in [-0.15, -0.1) is 11.3 Å². The second kappa shape index (κ2) is 5.38. The molecule has 2 aromatic rings. The lowest BCUT2D eigenvalue weighted by Crippen LogP contribution is -2.40. The molecule has 0 spiro atoms. The van der Waals surface area contributed by atoms with E-state index < -0.39 is 0 Å². The quantitative estimate of drug-likeness (QED) is 0.928. The zero-order chi connectivity index (χ0) is 14.1. The fourth-order valence-electron chi connectivity index (χ4n) is 2.69. The van der Waals surface area contributed by atoms with Crippen LogP contribution >= 0.6 is 11.3 Å². The summed E-state index contributed by atoms with van der Waals surface area (Å²) in [5, 5.41) is 5.06. The summed E-state index contributed by atoms with van der Waals surface area (Å²) in [6.45, 7) is 2.15. The molecule has 3 rings (SSSR count). The van der Waals surface area contributed by atoms with Crippen molar-refractivity contribution >= 4 is 17.2 Å². The van der Waals surface area contributed by atoms with Gasteiger partial charge in [0.05, 0.1) is 30.2 Å². The minimum atomic E-state index is -0.142. The number of imidazole rings is 1. The summed E-state index contributed by atoms with van der Waals surface area (Å²) >= 11 is 1.66. The van der Waals surface area contributed by atoms with Gasteiger partial charge in [0, 0.05) is 25.0 Å². The van der Waals surface area contributed by atoms with Gasteiger partial charge in [-0.1, -0.05) is 6.07 Å². The number of hydrogen-bond acceptors (Lipinski definition) is 4. The molecule has 0 fully saturated rings. The Kier molecular flexibility index (Phi) is 3.58. The van der Waals surface area contributed by atoms with E-state index in [-0.39, 0.29) is 11.8 Å². The average molecular weight is 290 g/mol. The Labute approximate surface area is 122 Å². The molecule has 1 amide bonds. The molecule has 20 heavy (non-hydrogen) atoms. The molecule has 0 radical (unpaired) electrons. The minimum absolute atomic E-state index is 0.0785. The molecule has 1 aliphatic heterocycles. The van der Waals surface area contributed by atoms with Crippen molar-refractivity contribution in [2.45, 2.75) is 19.0 Å². The molecule has 3 heterocycles. The minimum Gasteiger partial charge on any atom is -0.351 e. The number of rotatable bonds is 3. The Hall–Kier alpha value is -1.66. The molecule has 0 bridgehead atoms. The van der Waals surface area contributed by atoms with Crippen LogP contribution in [0.4, 0.5) is 0 Å². The van der Waals surface area contributed by atoms with Crippen LogP contribution in [-0.4, -0.2) is 34.0 Å². The monoisotopic (exact) mass is 290 g/mol. The van der Waals surface area contributed by atoms with E-state index in [1.165, 1.54) is 4.88 Å². The molecule has 2 aromatic heterocycles. The fraction of sp³-hybridized carbons (Fsp3) is 0.429. The van der Waals surface area contributed by atoms with Gasteiger partial charge < -0.3 is 9.88 Å². The first-order valence-electron chi connectivity index (χ1n) is 6.64. The molecule has 106 valence electrons. The van der Waals surface area contributed by atoms with Crippen LogP contribution in [0.5, 0.6) is 0 Å². The number of nitrogens with zero attached hydrogens (tertiary/aromatic N) is 3. The van der Waals surface area contributed by atoms with Gasteiger partial charge in [-0.05, 0) is 18.5 Å². The second-order valence-corrected chi connectivity index (χ2v) is 6.27. The maximum atomic E-state index is 12.5. The number of aryl methyl sites for hydroxylation is 1. The van der Waals surface area contributed by atoms with Crippen LogP contribution in [0.25, 0.3) is 0 Å². The summed E-state index contributed by atoms with van der Waals surface area (Å²) in [6, 6.07) is 4.03. The van der Waals surface area contributed by atoms with Gasteiger partial charge in [-0.25, -0.2) is 4.98 Å². The molecular weight excluding hydrogens is 272 g/mol. The van der Waals surface area contributed by atoms with E-state index >= 15 is 0 Å². The number of aromatic nitrogens is 2. The zero-order valence-electron chi connectivity index (χ0n) is 11.7. The summed E-state index contributed by atoms with van der Waals surface area (Å²) in [4.78, 5) is 20.2. The maximum absolute atomic E-state index is 12.5. The number of amides is 1. The second-order valence-electron chi connectivity index (χ2n) is 5.23. The number of likely N-dealkylation sites (N-methyl/N-ethyl adjacent to an activating group) is 1. The summed E-state index contributed by atoms with van der Waals surface area (Å²) in [6.07, 6.45) is 1.80. The van der Waals surface area contributed by atoms with E-state index in [0.29, 0.717) is 6.54 Å². The fourth-order valence-corrected chi connectivity index (χ4v) is 3.34. The normalized spacial score (nSPS) is 18.8. The summed E-state index contributed by atoms with van der Waals surface area (Å²) in [5.41, 5.74) is 2.06. The molecule has 0 saturated carbocycles. The first-order valence-corrected chi connectivity index (χ1v) is 7.52. The van der Waals surface area contributed by atoms with E-state index in [0.717, 1.165) is 24.5 Å². The third-order valence-electron chi connectivity index (χ3n) is 3.64. The Bertz CT molecular complexity index is 605. The highest BCUT2D eigenvalue weighted by Crippen LogP contribution is 2.26. The molecule has 0 aliphatic carbocycles. The SMILES string of the molecule is CN1Cc2ncn(C)c2[C@@H](C(=O)NCc2cccs2)C1. The number of thiophene rings is 1. The van der Waals surface area contributed by atoms with Gasteiger partial charge in [0.25, 0.3) is 0 Å². The first-order chi connectivity index (χ1) is 9.65. The Morgan fingerprint density at radius 2 is 2.40 bits per heavy atom. The summed E-state index contributed by atoms with van der Waals surface area (Å²) in [5.74, 6) is -0.0639. The Balaban J connectivity index is 1.75. The smallest absolute Gasteiger partial charge is 0.230 e. The molecular formula is C14H18N4OS. The third kappa shape index (κ3) is 2.48. The van der Waals surface area contributed by atoms with E-state index in [1.807, 2.05) is 36.2 Å². The maximum Gasteiger partial charge on any atom is 0.230 e. The predicted molar refractivity (Wildman–Crippen MR) is 78.4 cm³/mol. The first kappa shape index (κ1) is 13.3. The lowest BCUT2D eigenvalue weighted by molar-refractivity contribution is -0.123. The Morgan fingerprint density at radius 3 is 3.15 bits per heavy atom. The number of carbonyl (C=O) groups excluding carboxylic acids is 1. The van der Waals surface area contributed by atoms with Crippen molar-refractivity contribution in [3.8, 4) is 0 Å². The van der Waals surface area contributed by atoms with Crippen molar-refractivity contribution in [1.29, 1.82) is 0 Å². The van der Waals surface area contributed by atoms with Crippen LogP contribution < -0.4 is 5.32 Å². The van der Waals surface area contributed by atoms with Crippen LogP contribution in [-0.2, 0) is 24.9 Å². The van der Waals surface area contributed by atoms with Crippen molar-refractivity contribution in [3.05, 3.63) is 40.1 Å². The van der Waals surface area contributed by atoms with E-state index in [4.69, 9.17) is 0 Å². The molecule has 0 saturated heterocycles. The zero-order valence-corrected chi connectivity index (χ0v) is 12.5. The third-order valence-corrected chi connectivity index (χ3v) is 4.52. The predicted octanol–water partition coefficient (Wildman–Crippen LogP) is 1.33. The Morgan fingerprint density at radius 1 is 1.55 bits per heavy atom. The van der Waals surface area contributed by atoms with Crippen molar-refractivity contribution in [2.75, 3.05) is 13.6 Å². The van der Waals surface area contributed by atoms with Crippen LogP contribution in [0.2, 0.25) is 0 Å². The van der Waals surface area contributed by atoms with Gasteiger partial charge in [-0.3, -0.25) is 9.69 Å². The van der Waals surface area contributed by atoms with Crippen molar-refractivity contribution in [1.82, 2.24) is 19.8 Å². The van der Waals surface area contributed by atoms with Crippen LogP contribution in [0, 0.1) is 0 Å². The van der Waals surface area contributed by atoms with E-state index in [9.17, 15) is 4.79 Å². The van der Waals surface area contributed by atoms with E-state index in [2.05, 4.69) is 15.2 Å².